The number of likely N-dealkylation sites (tertiary alicyclic amines) is 1. The van der Waals surface area contributed by atoms with Crippen LogP contribution in [0.15, 0.2) is 27.1 Å². The van der Waals surface area contributed by atoms with Gasteiger partial charge in [-0.1, -0.05) is 15.9 Å². The molecule has 1 heterocycles. The topological polar surface area (TPSA) is 29.5 Å². The number of rotatable bonds is 3. The lowest BCUT2D eigenvalue weighted by molar-refractivity contribution is -0.144. The van der Waals surface area contributed by atoms with E-state index in [9.17, 15) is 4.79 Å². The highest BCUT2D eigenvalue weighted by Gasteiger charge is 2.32. The molecule has 1 saturated heterocycles. The van der Waals surface area contributed by atoms with Crippen LogP contribution >= 0.6 is 31.9 Å². The van der Waals surface area contributed by atoms with Gasteiger partial charge in [0.15, 0.2) is 6.10 Å². The third-order valence-electron chi connectivity index (χ3n) is 3.99. The smallest absolute Gasteiger partial charge is 0.263 e. The summed E-state index contributed by atoms with van der Waals surface area (Å²) >= 11 is 6.87. The third kappa shape index (κ3) is 4.01. The zero-order valence-electron chi connectivity index (χ0n) is 12.6. The summed E-state index contributed by atoms with van der Waals surface area (Å²) < 4.78 is 7.67. The van der Waals surface area contributed by atoms with E-state index in [1.807, 2.05) is 30.0 Å². The maximum Gasteiger partial charge on any atom is 0.263 e. The van der Waals surface area contributed by atoms with Crippen molar-refractivity contribution in [1.29, 1.82) is 0 Å². The van der Waals surface area contributed by atoms with Gasteiger partial charge in [0.05, 0.1) is 4.47 Å². The van der Waals surface area contributed by atoms with Crippen molar-refractivity contribution in [3.8, 4) is 5.75 Å². The van der Waals surface area contributed by atoms with Crippen LogP contribution in [-0.4, -0.2) is 29.0 Å². The second-order valence-electron chi connectivity index (χ2n) is 5.71. The molecular formula is C16H21Br2NO2. The van der Waals surface area contributed by atoms with Crippen LogP contribution in [0.4, 0.5) is 0 Å². The molecule has 1 aliphatic heterocycles. The molecule has 1 fully saturated rings. The minimum absolute atomic E-state index is 0.0736. The predicted octanol–water partition coefficient (Wildman–Crippen LogP) is 4.77. The average molecular weight is 419 g/mol. The van der Waals surface area contributed by atoms with E-state index in [4.69, 9.17) is 4.74 Å². The molecule has 0 aliphatic carbocycles. The SMILES string of the molecule is C[C@H](Oc1ccc(Br)cc1Br)C(=O)N1[C@H](C)CCC[C@@H]1C. The molecule has 0 spiro atoms. The van der Waals surface area contributed by atoms with Crippen molar-refractivity contribution in [3.63, 3.8) is 0 Å². The molecule has 0 aromatic heterocycles. The highest BCUT2D eigenvalue weighted by molar-refractivity contribution is 9.11. The first kappa shape index (κ1) is 16.8. The molecule has 0 radical (unpaired) electrons. The standard InChI is InChI=1S/C16H21Br2NO2/c1-10-5-4-6-11(2)19(10)16(20)12(3)21-15-8-7-13(17)9-14(15)18/h7-12H,4-6H2,1-3H3/t10-,11+,12-/m0/s1. The Balaban J connectivity index is 2.08. The summed E-state index contributed by atoms with van der Waals surface area (Å²) in [4.78, 5) is 14.7. The first-order chi connectivity index (χ1) is 9.90. The Morgan fingerprint density at radius 1 is 1.29 bits per heavy atom. The zero-order chi connectivity index (χ0) is 15.6. The van der Waals surface area contributed by atoms with Crippen LogP contribution in [0, 0.1) is 0 Å². The lowest BCUT2D eigenvalue weighted by Gasteiger charge is -2.40. The molecule has 1 aromatic rings. The molecule has 0 unspecified atom stereocenters. The van der Waals surface area contributed by atoms with E-state index in [-0.39, 0.29) is 5.91 Å². The molecule has 1 aliphatic rings. The van der Waals surface area contributed by atoms with Crippen molar-refractivity contribution in [2.75, 3.05) is 0 Å². The van der Waals surface area contributed by atoms with Crippen LogP contribution in [0.2, 0.25) is 0 Å². The average Bonchev–Trinajstić information content (AvgIpc) is 2.41. The van der Waals surface area contributed by atoms with Crippen LogP contribution in [0.1, 0.15) is 40.0 Å². The number of hydrogen-bond acceptors (Lipinski definition) is 2. The highest BCUT2D eigenvalue weighted by atomic mass is 79.9. The van der Waals surface area contributed by atoms with E-state index in [2.05, 4.69) is 45.7 Å². The summed E-state index contributed by atoms with van der Waals surface area (Å²) in [7, 11) is 0. The third-order valence-corrected chi connectivity index (χ3v) is 5.11. The molecule has 0 saturated carbocycles. The number of benzene rings is 1. The number of hydrogen-bond donors (Lipinski definition) is 0. The molecule has 2 rings (SSSR count). The van der Waals surface area contributed by atoms with Gasteiger partial charge in [-0.3, -0.25) is 4.79 Å². The fraction of sp³-hybridized carbons (Fsp3) is 0.562. The van der Waals surface area contributed by atoms with Crippen molar-refractivity contribution in [1.82, 2.24) is 4.90 Å². The van der Waals surface area contributed by atoms with Gasteiger partial charge in [0.2, 0.25) is 0 Å². The minimum Gasteiger partial charge on any atom is -0.480 e. The van der Waals surface area contributed by atoms with Crippen LogP contribution < -0.4 is 4.74 Å². The molecule has 21 heavy (non-hydrogen) atoms. The first-order valence-corrected chi connectivity index (χ1v) is 8.92. The Morgan fingerprint density at radius 2 is 1.90 bits per heavy atom. The maximum atomic E-state index is 12.7. The van der Waals surface area contributed by atoms with E-state index in [1.54, 1.807) is 0 Å². The number of amides is 1. The van der Waals surface area contributed by atoms with Crippen LogP contribution in [0.5, 0.6) is 5.75 Å². The highest BCUT2D eigenvalue weighted by Crippen LogP contribution is 2.30. The van der Waals surface area contributed by atoms with Gasteiger partial charge in [0, 0.05) is 16.6 Å². The van der Waals surface area contributed by atoms with Gasteiger partial charge in [-0.15, -0.1) is 0 Å². The molecule has 1 amide bonds. The largest absolute Gasteiger partial charge is 0.480 e. The molecular weight excluding hydrogens is 398 g/mol. The van der Waals surface area contributed by atoms with Gasteiger partial charge in [0.25, 0.3) is 5.91 Å². The number of ether oxygens (including phenoxy) is 1. The van der Waals surface area contributed by atoms with Gasteiger partial charge in [-0.05, 0) is 74.2 Å². The normalized spacial score (nSPS) is 23.8. The van der Waals surface area contributed by atoms with E-state index < -0.39 is 6.10 Å². The number of carbonyl (C=O) groups excluding carboxylic acids is 1. The zero-order valence-corrected chi connectivity index (χ0v) is 15.8. The number of nitrogens with zero attached hydrogens (tertiary/aromatic N) is 1. The van der Waals surface area contributed by atoms with Gasteiger partial charge in [0.1, 0.15) is 5.75 Å². The molecule has 1 aromatic carbocycles. The van der Waals surface area contributed by atoms with E-state index in [1.165, 1.54) is 6.42 Å². The molecule has 116 valence electrons. The molecule has 5 heteroatoms. The van der Waals surface area contributed by atoms with Crippen molar-refractivity contribution in [2.24, 2.45) is 0 Å². The summed E-state index contributed by atoms with van der Waals surface area (Å²) in [5.41, 5.74) is 0. The van der Waals surface area contributed by atoms with Crippen molar-refractivity contribution in [3.05, 3.63) is 27.1 Å². The van der Waals surface area contributed by atoms with E-state index >= 15 is 0 Å². The monoisotopic (exact) mass is 417 g/mol. The predicted molar refractivity (Wildman–Crippen MR) is 91.6 cm³/mol. The van der Waals surface area contributed by atoms with Crippen molar-refractivity contribution < 1.29 is 9.53 Å². The number of piperidine rings is 1. The Kier molecular flexibility index (Phi) is 5.72. The Labute approximate surface area is 143 Å². The summed E-state index contributed by atoms with van der Waals surface area (Å²) in [6.45, 7) is 6.07. The summed E-state index contributed by atoms with van der Waals surface area (Å²) in [6, 6.07) is 6.27. The summed E-state index contributed by atoms with van der Waals surface area (Å²) in [6.07, 6.45) is 2.86. The Bertz CT molecular complexity index is 511. The van der Waals surface area contributed by atoms with Crippen molar-refractivity contribution in [2.45, 2.75) is 58.2 Å². The van der Waals surface area contributed by atoms with Gasteiger partial charge in [-0.25, -0.2) is 0 Å². The van der Waals surface area contributed by atoms with E-state index in [0.29, 0.717) is 17.8 Å². The number of carbonyl (C=O) groups is 1. The fourth-order valence-corrected chi connectivity index (χ4v) is 4.02. The quantitative estimate of drug-likeness (QED) is 0.707. The van der Waals surface area contributed by atoms with Crippen molar-refractivity contribution >= 4 is 37.8 Å². The number of halogens is 2. The Morgan fingerprint density at radius 3 is 2.48 bits per heavy atom. The molecule has 0 bridgehead atoms. The van der Waals surface area contributed by atoms with Gasteiger partial charge >= 0.3 is 0 Å². The molecule has 0 N–H and O–H groups in total. The first-order valence-electron chi connectivity index (χ1n) is 7.34. The molecule has 3 nitrogen and oxygen atoms in total. The summed E-state index contributed by atoms with van der Waals surface area (Å²) in [5.74, 6) is 0.765. The minimum atomic E-state index is -0.481. The van der Waals surface area contributed by atoms with Gasteiger partial charge < -0.3 is 9.64 Å². The second-order valence-corrected chi connectivity index (χ2v) is 7.48. The van der Waals surface area contributed by atoms with Crippen LogP contribution in [0.25, 0.3) is 0 Å². The lowest BCUT2D eigenvalue weighted by atomic mass is 9.97. The molecule has 3 atom stereocenters. The van der Waals surface area contributed by atoms with Crippen LogP contribution in [0.3, 0.4) is 0 Å². The summed E-state index contributed by atoms with van der Waals surface area (Å²) in [5, 5.41) is 0. The van der Waals surface area contributed by atoms with Gasteiger partial charge in [-0.2, -0.15) is 0 Å². The second kappa shape index (κ2) is 7.14. The Hall–Kier alpha value is -0.550. The lowest BCUT2D eigenvalue weighted by Crippen LogP contribution is -2.51. The van der Waals surface area contributed by atoms with Crippen LogP contribution in [-0.2, 0) is 4.79 Å². The maximum absolute atomic E-state index is 12.7. The fourth-order valence-electron chi connectivity index (χ4n) is 2.88. The van der Waals surface area contributed by atoms with E-state index in [0.717, 1.165) is 21.8 Å².